The second-order valence-corrected chi connectivity index (χ2v) is 6.14. The Kier molecular flexibility index (Phi) is 3.32. The maximum Gasteiger partial charge on any atom is 0.230 e. The summed E-state index contributed by atoms with van der Waals surface area (Å²) in [7, 11) is 2.12. The number of aromatic nitrogens is 1. The highest BCUT2D eigenvalue weighted by Gasteiger charge is 2.24. The van der Waals surface area contributed by atoms with Gasteiger partial charge in [-0.15, -0.1) is 11.3 Å². The van der Waals surface area contributed by atoms with Crippen LogP contribution in [-0.2, 0) is 17.8 Å². The van der Waals surface area contributed by atoms with Crippen LogP contribution in [-0.4, -0.2) is 42.5 Å². The highest BCUT2D eigenvalue weighted by atomic mass is 32.1. The van der Waals surface area contributed by atoms with Crippen molar-refractivity contribution in [2.24, 2.45) is 5.92 Å². The molecular weight excluding hydrogens is 248 g/mol. The van der Waals surface area contributed by atoms with E-state index in [1.54, 1.807) is 11.3 Å². The van der Waals surface area contributed by atoms with E-state index in [1.165, 1.54) is 4.88 Å². The van der Waals surface area contributed by atoms with Crippen LogP contribution in [0.3, 0.4) is 0 Å². The van der Waals surface area contributed by atoms with Gasteiger partial charge in [-0.3, -0.25) is 4.79 Å². The van der Waals surface area contributed by atoms with E-state index in [9.17, 15) is 4.79 Å². The van der Waals surface area contributed by atoms with Crippen LogP contribution < -0.4 is 10.6 Å². The molecule has 2 aliphatic rings. The van der Waals surface area contributed by atoms with Crippen LogP contribution in [0.1, 0.15) is 17.0 Å². The molecule has 0 unspecified atom stereocenters. The predicted molar refractivity (Wildman–Crippen MR) is 71.8 cm³/mol. The average Bonchev–Trinajstić information content (AvgIpc) is 2.95. The lowest BCUT2D eigenvalue weighted by Crippen LogP contribution is -2.25. The van der Waals surface area contributed by atoms with Gasteiger partial charge in [0.2, 0.25) is 5.91 Å². The van der Waals surface area contributed by atoms with Crippen LogP contribution >= 0.6 is 11.3 Å². The fourth-order valence-corrected chi connectivity index (χ4v) is 3.55. The minimum Gasteiger partial charge on any atom is -0.316 e. The van der Waals surface area contributed by atoms with E-state index < -0.39 is 0 Å². The summed E-state index contributed by atoms with van der Waals surface area (Å²) in [4.78, 5) is 20.1. The number of nitrogens with zero attached hydrogens (tertiary/aromatic N) is 2. The van der Waals surface area contributed by atoms with Gasteiger partial charge in [-0.2, -0.15) is 0 Å². The number of fused-ring (bicyclic) bond motifs is 1. The number of carbonyl (C=O) groups is 1. The molecule has 1 aromatic rings. The Morgan fingerprint density at radius 1 is 1.61 bits per heavy atom. The molecule has 0 aliphatic carbocycles. The van der Waals surface area contributed by atoms with Crippen molar-refractivity contribution in [3.8, 4) is 0 Å². The minimum absolute atomic E-state index is 0.105. The number of rotatable bonds is 2. The molecule has 0 bridgehead atoms. The molecule has 6 heteroatoms. The highest BCUT2D eigenvalue weighted by molar-refractivity contribution is 7.15. The molecule has 1 aromatic heterocycles. The smallest absolute Gasteiger partial charge is 0.230 e. The lowest BCUT2D eigenvalue weighted by molar-refractivity contribution is -0.119. The summed E-state index contributed by atoms with van der Waals surface area (Å²) in [6, 6.07) is 0. The SMILES string of the molecule is CN1CCc2nc(NC(=O)[C@H]3CCNC3)sc2C1. The predicted octanol–water partition coefficient (Wildman–Crippen LogP) is 0.679. The molecule has 1 atom stereocenters. The van der Waals surface area contributed by atoms with Crippen LogP contribution in [0.25, 0.3) is 0 Å². The van der Waals surface area contributed by atoms with Crippen LogP contribution in [0, 0.1) is 5.92 Å². The Labute approximate surface area is 111 Å². The Morgan fingerprint density at radius 3 is 3.28 bits per heavy atom. The van der Waals surface area contributed by atoms with Gasteiger partial charge in [-0.05, 0) is 20.0 Å². The summed E-state index contributed by atoms with van der Waals surface area (Å²) >= 11 is 1.62. The van der Waals surface area contributed by atoms with Crippen LogP contribution in [0.4, 0.5) is 5.13 Å². The normalized spacial score (nSPS) is 23.9. The van der Waals surface area contributed by atoms with Crippen molar-refractivity contribution >= 4 is 22.4 Å². The van der Waals surface area contributed by atoms with Gasteiger partial charge in [-0.1, -0.05) is 0 Å². The molecule has 3 rings (SSSR count). The average molecular weight is 266 g/mol. The number of amides is 1. The van der Waals surface area contributed by atoms with Crippen molar-refractivity contribution in [1.82, 2.24) is 15.2 Å². The number of hydrogen-bond acceptors (Lipinski definition) is 5. The lowest BCUT2D eigenvalue weighted by atomic mass is 10.1. The molecule has 98 valence electrons. The minimum atomic E-state index is 0.105. The molecule has 3 heterocycles. The number of anilines is 1. The fraction of sp³-hybridized carbons (Fsp3) is 0.667. The Balaban J connectivity index is 1.68. The Morgan fingerprint density at radius 2 is 2.50 bits per heavy atom. The standard InChI is InChI=1S/C12H18N4OS/c1-16-5-3-9-10(7-16)18-12(14-9)15-11(17)8-2-4-13-6-8/h8,13H,2-7H2,1H3,(H,14,15,17)/t8-/m0/s1. The topological polar surface area (TPSA) is 57.3 Å². The molecule has 1 amide bonds. The molecular formula is C12H18N4OS. The third-order valence-electron chi connectivity index (χ3n) is 3.58. The largest absolute Gasteiger partial charge is 0.316 e. The Bertz CT molecular complexity index is 453. The van der Waals surface area contributed by atoms with Gasteiger partial charge in [0.15, 0.2) is 5.13 Å². The molecule has 0 spiro atoms. The van der Waals surface area contributed by atoms with Gasteiger partial charge < -0.3 is 15.5 Å². The first kappa shape index (κ1) is 12.1. The van der Waals surface area contributed by atoms with Gasteiger partial charge in [0.05, 0.1) is 11.6 Å². The first-order chi connectivity index (χ1) is 8.72. The summed E-state index contributed by atoms with van der Waals surface area (Å²) < 4.78 is 0. The van der Waals surface area contributed by atoms with Gasteiger partial charge in [0.25, 0.3) is 0 Å². The molecule has 0 radical (unpaired) electrons. The maximum atomic E-state index is 12.0. The van der Waals surface area contributed by atoms with Crippen LogP contribution in [0.15, 0.2) is 0 Å². The summed E-state index contributed by atoms with van der Waals surface area (Å²) in [5.41, 5.74) is 1.16. The van der Waals surface area contributed by atoms with Crippen molar-refractivity contribution in [3.05, 3.63) is 10.6 Å². The number of hydrogen-bond donors (Lipinski definition) is 2. The van der Waals surface area contributed by atoms with Gasteiger partial charge in [0, 0.05) is 30.9 Å². The molecule has 2 N–H and O–H groups in total. The zero-order valence-electron chi connectivity index (χ0n) is 10.5. The van der Waals surface area contributed by atoms with E-state index in [4.69, 9.17) is 0 Å². The van der Waals surface area contributed by atoms with Crippen molar-refractivity contribution in [2.75, 3.05) is 32.0 Å². The van der Waals surface area contributed by atoms with Crippen molar-refractivity contribution < 1.29 is 4.79 Å². The number of carbonyl (C=O) groups excluding carboxylic acids is 1. The summed E-state index contributed by atoms with van der Waals surface area (Å²) in [6.07, 6.45) is 1.92. The van der Waals surface area contributed by atoms with Crippen molar-refractivity contribution in [2.45, 2.75) is 19.4 Å². The third kappa shape index (κ3) is 2.41. The molecule has 2 aliphatic heterocycles. The number of likely N-dealkylation sites (N-methyl/N-ethyl adjacent to an activating group) is 1. The van der Waals surface area contributed by atoms with Crippen LogP contribution in [0.2, 0.25) is 0 Å². The fourth-order valence-electron chi connectivity index (χ4n) is 2.46. The number of thiazole rings is 1. The third-order valence-corrected chi connectivity index (χ3v) is 4.58. The van der Waals surface area contributed by atoms with E-state index in [1.807, 2.05) is 0 Å². The highest BCUT2D eigenvalue weighted by Crippen LogP contribution is 2.28. The van der Waals surface area contributed by atoms with E-state index in [0.717, 1.165) is 49.8 Å². The van der Waals surface area contributed by atoms with Crippen molar-refractivity contribution in [1.29, 1.82) is 0 Å². The molecule has 0 saturated carbocycles. The second kappa shape index (κ2) is 4.95. The van der Waals surface area contributed by atoms with Gasteiger partial charge in [0.1, 0.15) is 0 Å². The van der Waals surface area contributed by atoms with E-state index in [0.29, 0.717) is 0 Å². The zero-order chi connectivity index (χ0) is 12.5. The molecule has 5 nitrogen and oxygen atoms in total. The molecule has 18 heavy (non-hydrogen) atoms. The quantitative estimate of drug-likeness (QED) is 0.826. The van der Waals surface area contributed by atoms with E-state index in [2.05, 4.69) is 27.6 Å². The van der Waals surface area contributed by atoms with E-state index >= 15 is 0 Å². The summed E-state index contributed by atoms with van der Waals surface area (Å²) in [6.45, 7) is 3.74. The maximum absolute atomic E-state index is 12.0. The summed E-state index contributed by atoms with van der Waals surface area (Å²) in [5.74, 6) is 0.216. The Hall–Kier alpha value is -0.980. The molecule has 0 aromatic carbocycles. The lowest BCUT2D eigenvalue weighted by Gasteiger charge is -2.20. The second-order valence-electron chi connectivity index (χ2n) is 5.06. The zero-order valence-corrected chi connectivity index (χ0v) is 11.3. The van der Waals surface area contributed by atoms with Crippen LogP contribution in [0.5, 0.6) is 0 Å². The first-order valence-electron chi connectivity index (χ1n) is 6.41. The molecule has 1 fully saturated rings. The number of nitrogens with one attached hydrogen (secondary N) is 2. The van der Waals surface area contributed by atoms with E-state index in [-0.39, 0.29) is 11.8 Å². The summed E-state index contributed by atoms with van der Waals surface area (Å²) in [5, 5.41) is 6.95. The van der Waals surface area contributed by atoms with Gasteiger partial charge in [-0.25, -0.2) is 4.98 Å². The van der Waals surface area contributed by atoms with Crippen molar-refractivity contribution in [3.63, 3.8) is 0 Å². The molecule has 1 saturated heterocycles. The first-order valence-corrected chi connectivity index (χ1v) is 7.23. The monoisotopic (exact) mass is 266 g/mol. The van der Waals surface area contributed by atoms with Gasteiger partial charge >= 0.3 is 0 Å².